The number of hydrogen-bond acceptors (Lipinski definition) is 5. The van der Waals surface area contributed by atoms with Crippen LogP contribution >= 0.6 is 0 Å². The highest BCUT2D eigenvalue weighted by atomic mass is 16.3. The number of rotatable bonds is 4. The second kappa shape index (κ2) is 4.40. The summed E-state index contributed by atoms with van der Waals surface area (Å²) in [4.78, 5) is 0. The monoisotopic (exact) mass is 161 g/mol. The van der Waals surface area contributed by atoms with Gasteiger partial charge < -0.3 is 27.1 Å². The van der Waals surface area contributed by atoms with Gasteiger partial charge in [-0.3, -0.25) is 0 Å². The number of nitrogens with one attached hydrogen (secondary N) is 1. The molecule has 0 rings (SSSR count). The lowest BCUT2D eigenvalue weighted by atomic mass is 10.0. The van der Waals surface area contributed by atoms with Crippen LogP contribution in [-0.2, 0) is 0 Å². The average molecular weight is 161 g/mol. The number of aliphatic hydroxyl groups is 2. The molecule has 66 valence electrons. The van der Waals surface area contributed by atoms with E-state index in [1.807, 2.05) is 0 Å². The zero-order valence-corrected chi connectivity index (χ0v) is 6.49. The van der Waals surface area contributed by atoms with E-state index in [-0.39, 0.29) is 12.3 Å². The molecule has 0 aliphatic carbocycles. The van der Waals surface area contributed by atoms with Crippen LogP contribution in [0.4, 0.5) is 0 Å². The summed E-state index contributed by atoms with van der Waals surface area (Å²) in [6.07, 6.45) is -2.34. The van der Waals surface area contributed by atoms with E-state index in [9.17, 15) is 0 Å². The first-order valence-electron chi connectivity index (χ1n) is 3.37. The lowest BCUT2D eigenvalue weighted by Gasteiger charge is -2.21. The molecule has 0 amide bonds. The van der Waals surface area contributed by atoms with Gasteiger partial charge in [0.25, 0.3) is 0 Å². The molecular weight excluding hydrogens is 146 g/mol. The summed E-state index contributed by atoms with van der Waals surface area (Å²) in [7, 11) is 0. The van der Waals surface area contributed by atoms with Crippen LogP contribution < -0.4 is 11.5 Å². The maximum Gasteiger partial charge on any atom is 0.118 e. The molecule has 0 aliphatic rings. The predicted molar refractivity (Wildman–Crippen MR) is 42.4 cm³/mol. The molecule has 0 heterocycles. The molecule has 5 nitrogen and oxygen atoms in total. The normalized spacial score (nSPS) is 19.0. The zero-order valence-electron chi connectivity index (χ0n) is 6.49. The van der Waals surface area contributed by atoms with Crippen molar-refractivity contribution in [2.24, 2.45) is 11.5 Å². The Morgan fingerprint density at radius 2 is 2.00 bits per heavy atom. The van der Waals surface area contributed by atoms with Gasteiger partial charge in [-0.05, 0) is 6.92 Å². The first kappa shape index (κ1) is 10.5. The Labute approximate surface area is 65.5 Å². The Bertz CT molecular complexity index is 140. The summed E-state index contributed by atoms with van der Waals surface area (Å²) in [5.74, 6) is 0. The Hall–Kier alpha value is -0.490. The van der Waals surface area contributed by atoms with Gasteiger partial charge in [0.05, 0.1) is 0 Å². The minimum Gasteiger partial charge on any atom is -0.388 e. The van der Waals surface area contributed by atoms with Crippen molar-refractivity contribution in [1.82, 2.24) is 0 Å². The molecule has 0 radical (unpaired) electrons. The molecule has 5 heteroatoms. The highest BCUT2D eigenvalue weighted by Crippen LogP contribution is 1.98. The summed E-state index contributed by atoms with van der Waals surface area (Å²) in [5, 5.41) is 25.2. The lowest BCUT2D eigenvalue weighted by molar-refractivity contribution is 0.0431. The predicted octanol–water partition coefficient (Wildman–Crippen LogP) is -1.97. The van der Waals surface area contributed by atoms with Gasteiger partial charge in [0.15, 0.2) is 0 Å². The largest absolute Gasteiger partial charge is 0.388 e. The highest BCUT2D eigenvalue weighted by molar-refractivity contribution is 5.83. The van der Waals surface area contributed by atoms with E-state index in [4.69, 9.17) is 27.1 Å². The molecule has 0 spiro atoms. The van der Waals surface area contributed by atoms with E-state index in [0.29, 0.717) is 0 Å². The maximum atomic E-state index is 9.16. The van der Waals surface area contributed by atoms with E-state index in [1.54, 1.807) is 0 Å². The fourth-order valence-electron chi connectivity index (χ4n) is 0.630. The Morgan fingerprint density at radius 3 is 2.27 bits per heavy atom. The van der Waals surface area contributed by atoms with E-state index >= 15 is 0 Å². The maximum absolute atomic E-state index is 9.16. The van der Waals surface area contributed by atoms with Crippen molar-refractivity contribution in [1.29, 1.82) is 5.41 Å². The van der Waals surface area contributed by atoms with Crippen LogP contribution in [0.1, 0.15) is 6.92 Å². The van der Waals surface area contributed by atoms with Gasteiger partial charge in [-0.2, -0.15) is 0 Å². The van der Waals surface area contributed by atoms with Crippen molar-refractivity contribution in [3.8, 4) is 0 Å². The SMILES string of the molecule is CC(=N)[C@@H](O)C(O)C(N)CN. The van der Waals surface area contributed by atoms with Crippen molar-refractivity contribution >= 4 is 5.71 Å². The molecule has 0 fully saturated rings. The Morgan fingerprint density at radius 1 is 1.55 bits per heavy atom. The van der Waals surface area contributed by atoms with Gasteiger partial charge in [0.1, 0.15) is 12.2 Å². The summed E-state index contributed by atoms with van der Waals surface area (Å²) in [6.45, 7) is 1.49. The summed E-state index contributed by atoms with van der Waals surface area (Å²) in [5.41, 5.74) is 10.5. The van der Waals surface area contributed by atoms with Crippen LogP contribution in [0.25, 0.3) is 0 Å². The van der Waals surface area contributed by atoms with Crippen molar-refractivity contribution in [2.75, 3.05) is 6.54 Å². The molecule has 0 aliphatic heterocycles. The van der Waals surface area contributed by atoms with Gasteiger partial charge in [-0.25, -0.2) is 0 Å². The molecule has 2 unspecified atom stereocenters. The first-order chi connectivity index (χ1) is 5.00. The molecular formula is C6H15N3O2. The van der Waals surface area contributed by atoms with Crippen LogP contribution in [0.3, 0.4) is 0 Å². The topological polar surface area (TPSA) is 116 Å². The molecule has 0 aromatic rings. The first-order valence-corrected chi connectivity index (χ1v) is 3.37. The second-order valence-corrected chi connectivity index (χ2v) is 2.52. The Balaban J connectivity index is 4.00. The van der Waals surface area contributed by atoms with Gasteiger partial charge in [0.2, 0.25) is 0 Å². The lowest BCUT2D eigenvalue weighted by Crippen LogP contribution is -2.49. The summed E-state index contributed by atoms with van der Waals surface area (Å²) >= 11 is 0. The van der Waals surface area contributed by atoms with Crippen LogP contribution in [-0.4, -0.2) is 40.7 Å². The van der Waals surface area contributed by atoms with Crippen LogP contribution in [0.5, 0.6) is 0 Å². The Kier molecular flexibility index (Phi) is 4.20. The van der Waals surface area contributed by atoms with Gasteiger partial charge in [0, 0.05) is 18.3 Å². The molecule has 7 N–H and O–H groups in total. The van der Waals surface area contributed by atoms with E-state index in [2.05, 4.69) is 0 Å². The van der Waals surface area contributed by atoms with Gasteiger partial charge >= 0.3 is 0 Å². The molecule has 0 bridgehead atoms. The van der Waals surface area contributed by atoms with Crippen LogP contribution in [0.15, 0.2) is 0 Å². The fourth-order valence-corrected chi connectivity index (χ4v) is 0.630. The molecule has 11 heavy (non-hydrogen) atoms. The second-order valence-electron chi connectivity index (χ2n) is 2.52. The molecule has 0 saturated carbocycles. The standard InChI is InChI=1S/C6H15N3O2/c1-3(8)5(10)6(11)4(9)2-7/h4-6,8,10-11H,2,7,9H2,1H3/t4?,5-,6?/m1/s1. The molecule has 3 atom stereocenters. The highest BCUT2D eigenvalue weighted by Gasteiger charge is 2.23. The minimum atomic E-state index is -1.20. The number of aliphatic hydroxyl groups excluding tert-OH is 2. The van der Waals surface area contributed by atoms with Crippen LogP contribution in [0.2, 0.25) is 0 Å². The quantitative estimate of drug-likeness (QED) is 0.307. The van der Waals surface area contributed by atoms with Crippen molar-refractivity contribution in [3.63, 3.8) is 0 Å². The average Bonchev–Trinajstić information content (AvgIpc) is 2.00. The third kappa shape index (κ3) is 2.94. The minimum absolute atomic E-state index is 0.0126. The van der Waals surface area contributed by atoms with Crippen molar-refractivity contribution < 1.29 is 10.2 Å². The van der Waals surface area contributed by atoms with Gasteiger partial charge in [-0.15, -0.1) is 0 Å². The number of hydrogen-bond donors (Lipinski definition) is 5. The van der Waals surface area contributed by atoms with E-state index in [0.717, 1.165) is 0 Å². The molecule has 0 aromatic heterocycles. The number of nitrogens with two attached hydrogens (primary N) is 2. The van der Waals surface area contributed by atoms with Crippen molar-refractivity contribution in [2.45, 2.75) is 25.2 Å². The van der Waals surface area contributed by atoms with Crippen molar-refractivity contribution in [3.05, 3.63) is 0 Å². The molecule has 0 saturated heterocycles. The smallest absolute Gasteiger partial charge is 0.118 e. The summed E-state index contributed by atoms with van der Waals surface area (Å²) < 4.78 is 0. The third-order valence-electron chi connectivity index (χ3n) is 1.48. The van der Waals surface area contributed by atoms with Gasteiger partial charge in [-0.1, -0.05) is 0 Å². The van der Waals surface area contributed by atoms with E-state index in [1.165, 1.54) is 6.92 Å². The fraction of sp³-hybridized carbons (Fsp3) is 0.833. The third-order valence-corrected chi connectivity index (χ3v) is 1.48. The zero-order chi connectivity index (χ0) is 9.02. The molecule has 0 aromatic carbocycles. The van der Waals surface area contributed by atoms with E-state index < -0.39 is 18.2 Å². The van der Waals surface area contributed by atoms with Crippen LogP contribution in [0, 0.1) is 5.41 Å². The summed E-state index contributed by atoms with van der Waals surface area (Å²) in [6, 6.07) is -0.676.